The zero-order chi connectivity index (χ0) is 26.8. The normalized spacial score (nSPS) is 16.7. The molecule has 2 amide bonds. The van der Waals surface area contributed by atoms with Crippen molar-refractivity contribution in [1.82, 2.24) is 20.2 Å². The van der Waals surface area contributed by atoms with Crippen molar-refractivity contribution in [3.05, 3.63) is 88.2 Å². The van der Waals surface area contributed by atoms with Crippen molar-refractivity contribution in [1.29, 1.82) is 0 Å². The van der Waals surface area contributed by atoms with Crippen molar-refractivity contribution >= 4 is 50.9 Å². The molecule has 6 rings (SSSR count). The second-order valence-corrected chi connectivity index (χ2v) is 11.4. The second kappa shape index (κ2) is 11.0. The number of amides is 2. The Bertz CT molecular complexity index is 1510. The molecule has 39 heavy (non-hydrogen) atoms. The van der Waals surface area contributed by atoms with Crippen LogP contribution in [0, 0.1) is 0 Å². The predicted octanol–water partition coefficient (Wildman–Crippen LogP) is 6.13. The average Bonchev–Trinajstić information content (AvgIpc) is 3.56. The molecule has 0 saturated carbocycles. The zero-order valence-electron chi connectivity index (χ0n) is 21.8. The van der Waals surface area contributed by atoms with Crippen LogP contribution in [-0.2, 0) is 12.0 Å². The van der Waals surface area contributed by atoms with Crippen molar-refractivity contribution < 1.29 is 9.53 Å². The number of benzene rings is 2. The van der Waals surface area contributed by atoms with Crippen LogP contribution in [0.1, 0.15) is 29.5 Å². The molecular formula is C30H30ClN5O2S. The van der Waals surface area contributed by atoms with Gasteiger partial charge < -0.3 is 10.1 Å². The summed E-state index contributed by atoms with van der Waals surface area (Å²) in [5.41, 5.74) is 7.15. The molecule has 9 heteroatoms. The van der Waals surface area contributed by atoms with Crippen molar-refractivity contribution in [3.8, 4) is 5.75 Å². The Balaban J connectivity index is 1.17. The van der Waals surface area contributed by atoms with E-state index < -0.39 is 0 Å². The van der Waals surface area contributed by atoms with E-state index in [1.165, 1.54) is 10.3 Å². The summed E-state index contributed by atoms with van der Waals surface area (Å²) >= 11 is 7.68. The molecule has 0 atom stereocenters. The number of carbonyl (C=O) groups excluding carboxylic acids is 1. The quantitative estimate of drug-likeness (QED) is 0.288. The van der Waals surface area contributed by atoms with Crippen LogP contribution in [0.2, 0.25) is 5.15 Å². The summed E-state index contributed by atoms with van der Waals surface area (Å²) in [7, 11) is 1.68. The number of pyridine rings is 1. The van der Waals surface area contributed by atoms with Crippen LogP contribution in [0.4, 0.5) is 10.5 Å². The van der Waals surface area contributed by atoms with Crippen molar-refractivity contribution in [3.63, 3.8) is 0 Å². The lowest BCUT2D eigenvalue weighted by molar-refractivity contribution is 0.180. The minimum Gasteiger partial charge on any atom is -0.497 e. The van der Waals surface area contributed by atoms with Gasteiger partial charge in [0.15, 0.2) is 0 Å². The van der Waals surface area contributed by atoms with Gasteiger partial charge in [0, 0.05) is 36.8 Å². The SMILES string of the molecule is COc1ccc(C=CCN2CCC3(CC2)CN(C(=O)NCc2ccnc(Cl)c2)c2ccc4scnc4c23)cc1. The number of fused-ring (bicyclic) bond motifs is 4. The van der Waals surface area contributed by atoms with E-state index in [9.17, 15) is 4.79 Å². The Morgan fingerprint density at radius 2 is 1.97 bits per heavy atom. The molecule has 4 heterocycles. The second-order valence-electron chi connectivity index (χ2n) is 10.1. The van der Waals surface area contributed by atoms with Crippen LogP contribution < -0.4 is 15.0 Å². The number of anilines is 1. The number of halogens is 1. The fourth-order valence-corrected chi connectivity index (χ4v) is 6.65. The summed E-state index contributed by atoms with van der Waals surface area (Å²) in [4.78, 5) is 26.7. The van der Waals surface area contributed by atoms with E-state index in [0.29, 0.717) is 18.2 Å². The molecule has 1 N–H and O–H groups in total. The highest BCUT2D eigenvalue weighted by Crippen LogP contribution is 2.50. The number of carbonyl (C=O) groups is 1. The molecule has 1 saturated heterocycles. The number of urea groups is 1. The third-order valence-electron chi connectivity index (χ3n) is 7.85. The smallest absolute Gasteiger partial charge is 0.322 e. The first kappa shape index (κ1) is 25.8. The fraction of sp³-hybridized carbons (Fsp3) is 0.300. The minimum atomic E-state index is -0.101. The topological polar surface area (TPSA) is 70.6 Å². The van der Waals surface area contributed by atoms with Crippen molar-refractivity contribution in [2.75, 3.05) is 38.2 Å². The zero-order valence-corrected chi connectivity index (χ0v) is 23.3. The lowest BCUT2D eigenvalue weighted by Crippen LogP contribution is -2.47. The number of nitrogens with zero attached hydrogens (tertiary/aromatic N) is 4. The molecule has 1 fully saturated rings. The standard InChI is InChI=1S/C30H30ClN5O2S/c1-38-23-6-4-21(5-7-23)3-2-14-35-15-11-30(12-16-35)19-36(24-8-9-25-28(27(24)30)34-20-39-25)29(37)33-18-22-10-13-32-26(31)17-22/h2-10,13,17,20H,11-12,14-16,18-19H2,1H3,(H,33,37). The van der Waals surface area contributed by atoms with Crippen LogP contribution >= 0.6 is 22.9 Å². The molecule has 200 valence electrons. The molecule has 0 bridgehead atoms. The number of likely N-dealkylation sites (tertiary alicyclic amines) is 1. The third-order valence-corrected chi connectivity index (χ3v) is 8.85. The van der Waals surface area contributed by atoms with Crippen LogP contribution in [-0.4, -0.2) is 54.2 Å². The van der Waals surface area contributed by atoms with E-state index in [2.05, 4.69) is 51.6 Å². The average molecular weight is 560 g/mol. The predicted molar refractivity (Wildman–Crippen MR) is 158 cm³/mol. The maximum absolute atomic E-state index is 13.5. The summed E-state index contributed by atoms with van der Waals surface area (Å²) in [6, 6.07) is 15.8. The fourth-order valence-electron chi connectivity index (χ4n) is 5.77. The third kappa shape index (κ3) is 5.24. The van der Waals surface area contributed by atoms with Crippen molar-refractivity contribution in [2.24, 2.45) is 0 Å². The van der Waals surface area contributed by atoms with Gasteiger partial charge in [-0.2, -0.15) is 0 Å². The molecule has 0 radical (unpaired) electrons. The molecule has 2 aliphatic heterocycles. The van der Waals surface area contributed by atoms with Gasteiger partial charge in [-0.3, -0.25) is 9.80 Å². The van der Waals surface area contributed by atoms with Crippen LogP contribution in [0.3, 0.4) is 0 Å². The summed E-state index contributed by atoms with van der Waals surface area (Å²) in [5, 5.41) is 3.51. The molecule has 1 spiro atoms. The molecule has 4 aromatic rings. The van der Waals surface area contributed by atoms with E-state index in [4.69, 9.17) is 21.3 Å². The number of thiazole rings is 1. The highest BCUT2D eigenvalue weighted by Gasteiger charge is 2.47. The van der Waals surface area contributed by atoms with Gasteiger partial charge in [0.05, 0.1) is 28.5 Å². The number of piperidine rings is 1. The van der Waals surface area contributed by atoms with Gasteiger partial charge in [-0.05, 0) is 73.5 Å². The van der Waals surface area contributed by atoms with Crippen molar-refractivity contribution in [2.45, 2.75) is 24.8 Å². The van der Waals surface area contributed by atoms with Gasteiger partial charge >= 0.3 is 6.03 Å². The number of ether oxygens (including phenoxy) is 1. The van der Waals surface area contributed by atoms with Crippen LogP contribution in [0.5, 0.6) is 5.75 Å². The molecule has 2 aromatic carbocycles. The molecule has 2 aromatic heterocycles. The maximum Gasteiger partial charge on any atom is 0.322 e. The number of nitrogens with one attached hydrogen (secondary N) is 1. The summed E-state index contributed by atoms with van der Waals surface area (Å²) < 4.78 is 6.42. The first-order valence-corrected chi connectivity index (χ1v) is 14.4. The molecule has 0 aliphatic carbocycles. The lowest BCUT2D eigenvalue weighted by Gasteiger charge is -2.39. The first-order valence-electron chi connectivity index (χ1n) is 13.1. The Morgan fingerprint density at radius 3 is 2.74 bits per heavy atom. The summed E-state index contributed by atoms with van der Waals surface area (Å²) in [6.45, 7) is 3.90. The van der Waals surface area contributed by atoms with Gasteiger partial charge in [-0.15, -0.1) is 11.3 Å². The number of hydrogen-bond acceptors (Lipinski definition) is 6. The number of methoxy groups -OCH3 is 1. The van der Waals surface area contributed by atoms with Crippen LogP contribution in [0.15, 0.2) is 66.3 Å². The number of aromatic nitrogens is 2. The number of rotatable bonds is 6. The van der Waals surface area contributed by atoms with Gasteiger partial charge in [0.2, 0.25) is 0 Å². The first-order chi connectivity index (χ1) is 19.0. The van der Waals surface area contributed by atoms with Crippen LogP contribution in [0.25, 0.3) is 16.3 Å². The molecule has 0 unspecified atom stereocenters. The number of hydrogen-bond donors (Lipinski definition) is 1. The summed E-state index contributed by atoms with van der Waals surface area (Å²) in [5.74, 6) is 0.865. The lowest BCUT2D eigenvalue weighted by atomic mass is 9.74. The maximum atomic E-state index is 13.5. The highest BCUT2D eigenvalue weighted by atomic mass is 35.5. The van der Waals surface area contributed by atoms with E-state index in [-0.39, 0.29) is 11.4 Å². The largest absolute Gasteiger partial charge is 0.497 e. The molecule has 7 nitrogen and oxygen atoms in total. The van der Waals surface area contributed by atoms with Gasteiger partial charge in [0.1, 0.15) is 10.9 Å². The highest BCUT2D eigenvalue weighted by molar-refractivity contribution is 7.16. The van der Waals surface area contributed by atoms with Gasteiger partial charge in [-0.25, -0.2) is 14.8 Å². The van der Waals surface area contributed by atoms with E-state index >= 15 is 0 Å². The van der Waals surface area contributed by atoms with E-state index in [1.807, 2.05) is 28.6 Å². The monoisotopic (exact) mass is 559 g/mol. The van der Waals surface area contributed by atoms with Gasteiger partial charge in [0.25, 0.3) is 0 Å². The molecular weight excluding hydrogens is 530 g/mol. The Kier molecular flexibility index (Phi) is 7.25. The Hall–Kier alpha value is -3.46. The van der Waals surface area contributed by atoms with E-state index in [1.54, 1.807) is 30.7 Å². The molecule has 2 aliphatic rings. The Labute approximate surface area is 237 Å². The Morgan fingerprint density at radius 1 is 1.15 bits per heavy atom. The summed E-state index contributed by atoms with van der Waals surface area (Å²) in [6.07, 6.45) is 8.01. The van der Waals surface area contributed by atoms with Gasteiger partial charge in [-0.1, -0.05) is 35.9 Å². The minimum absolute atomic E-state index is 0.0968. The van der Waals surface area contributed by atoms with E-state index in [0.717, 1.165) is 60.6 Å².